The Morgan fingerprint density at radius 1 is 1.03 bits per heavy atom. The molecular weight excluding hydrogens is 372 g/mol. The lowest BCUT2D eigenvalue weighted by molar-refractivity contribution is -0.136. The van der Waals surface area contributed by atoms with E-state index in [2.05, 4.69) is 10.1 Å². The molecule has 0 saturated heterocycles. The van der Waals surface area contributed by atoms with Crippen LogP contribution in [0.1, 0.15) is 11.1 Å². The van der Waals surface area contributed by atoms with E-state index in [0.717, 1.165) is 5.56 Å². The Morgan fingerprint density at radius 3 is 2.62 bits per heavy atom. The van der Waals surface area contributed by atoms with Crippen LogP contribution in [0.5, 0.6) is 17.4 Å². The van der Waals surface area contributed by atoms with Crippen LogP contribution in [0.25, 0.3) is 0 Å². The molecule has 29 heavy (non-hydrogen) atoms. The number of nitrogens with zero attached hydrogens (tertiary/aromatic N) is 2. The van der Waals surface area contributed by atoms with Gasteiger partial charge in [-0.25, -0.2) is 4.98 Å². The zero-order valence-electron chi connectivity index (χ0n) is 15.8. The number of ether oxygens (including phenoxy) is 2. The minimum absolute atomic E-state index is 0.0663. The summed E-state index contributed by atoms with van der Waals surface area (Å²) in [5, 5.41) is 13.0. The highest BCUT2D eigenvalue weighted by atomic mass is 16.6. The van der Waals surface area contributed by atoms with Gasteiger partial charge in [0.05, 0.1) is 6.42 Å². The standard InChI is InChI=1S/C22H20N2O5/c1-27-24-20(15-28-18-8-4-6-16(12-18)13-22(25)26)17-7-5-9-19(14-17)29-21-10-2-3-11-23-21/h2-12,14H,13,15H2,1H3,(H,25,26). The zero-order chi connectivity index (χ0) is 20.5. The summed E-state index contributed by atoms with van der Waals surface area (Å²) < 4.78 is 11.6. The summed E-state index contributed by atoms with van der Waals surface area (Å²) in [6, 6.07) is 19.7. The fourth-order valence-corrected chi connectivity index (χ4v) is 2.61. The summed E-state index contributed by atoms with van der Waals surface area (Å²) in [5.74, 6) is 0.747. The van der Waals surface area contributed by atoms with Crippen molar-refractivity contribution in [2.45, 2.75) is 6.42 Å². The number of carbonyl (C=O) groups is 1. The molecule has 1 N–H and O–H groups in total. The van der Waals surface area contributed by atoms with Crippen LogP contribution < -0.4 is 9.47 Å². The van der Waals surface area contributed by atoms with Crippen molar-refractivity contribution in [1.29, 1.82) is 0 Å². The number of carboxylic acid groups (broad SMARTS) is 1. The zero-order valence-corrected chi connectivity index (χ0v) is 15.8. The number of hydrogen-bond donors (Lipinski definition) is 1. The van der Waals surface area contributed by atoms with Crippen molar-refractivity contribution < 1.29 is 24.2 Å². The molecule has 7 heteroatoms. The van der Waals surface area contributed by atoms with Crippen molar-refractivity contribution >= 4 is 11.7 Å². The van der Waals surface area contributed by atoms with Crippen LogP contribution in [0, 0.1) is 0 Å². The van der Waals surface area contributed by atoms with Gasteiger partial charge in [-0.2, -0.15) is 0 Å². The number of aliphatic carboxylic acids is 1. The van der Waals surface area contributed by atoms with Crippen LogP contribution in [0.3, 0.4) is 0 Å². The van der Waals surface area contributed by atoms with Crippen LogP contribution in [0.15, 0.2) is 78.1 Å². The lowest BCUT2D eigenvalue weighted by atomic mass is 10.1. The Balaban J connectivity index is 1.72. The smallest absolute Gasteiger partial charge is 0.307 e. The van der Waals surface area contributed by atoms with Gasteiger partial charge < -0.3 is 19.4 Å². The molecule has 0 spiro atoms. The minimum atomic E-state index is -0.895. The summed E-state index contributed by atoms with van der Waals surface area (Å²) in [4.78, 5) is 20.0. The highest BCUT2D eigenvalue weighted by molar-refractivity contribution is 6.01. The van der Waals surface area contributed by atoms with E-state index in [1.54, 1.807) is 36.5 Å². The fourth-order valence-electron chi connectivity index (χ4n) is 2.61. The first-order valence-electron chi connectivity index (χ1n) is 8.87. The normalized spacial score (nSPS) is 11.0. The molecule has 0 unspecified atom stereocenters. The first-order chi connectivity index (χ1) is 14.1. The quantitative estimate of drug-likeness (QED) is 0.438. The summed E-state index contributed by atoms with van der Waals surface area (Å²) >= 11 is 0. The van der Waals surface area contributed by atoms with E-state index < -0.39 is 5.97 Å². The molecule has 1 aromatic heterocycles. The maximum atomic E-state index is 10.9. The van der Waals surface area contributed by atoms with Gasteiger partial charge in [0.25, 0.3) is 0 Å². The van der Waals surface area contributed by atoms with E-state index in [9.17, 15) is 4.79 Å². The van der Waals surface area contributed by atoms with Crippen LogP contribution in [0.4, 0.5) is 0 Å². The summed E-state index contributed by atoms with van der Waals surface area (Å²) in [7, 11) is 1.46. The van der Waals surface area contributed by atoms with Crippen molar-refractivity contribution in [1.82, 2.24) is 4.98 Å². The van der Waals surface area contributed by atoms with Gasteiger partial charge in [-0.1, -0.05) is 35.5 Å². The summed E-state index contributed by atoms with van der Waals surface area (Å²) in [6.07, 6.45) is 1.59. The first-order valence-corrected chi connectivity index (χ1v) is 8.87. The van der Waals surface area contributed by atoms with E-state index >= 15 is 0 Å². The summed E-state index contributed by atoms with van der Waals surface area (Å²) in [6.45, 7) is 0.136. The molecule has 0 aliphatic heterocycles. The average molecular weight is 392 g/mol. The molecule has 0 radical (unpaired) electrons. The van der Waals surface area contributed by atoms with Gasteiger partial charge in [-0.3, -0.25) is 4.79 Å². The molecule has 0 aliphatic rings. The van der Waals surface area contributed by atoms with Gasteiger partial charge in [0.15, 0.2) is 0 Å². The predicted octanol–water partition coefficient (Wildman–Crippen LogP) is 3.93. The van der Waals surface area contributed by atoms with Crippen LogP contribution in [0.2, 0.25) is 0 Å². The molecule has 1 heterocycles. The maximum Gasteiger partial charge on any atom is 0.307 e. The lowest BCUT2D eigenvalue weighted by Crippen LogP contribution is -2.14. The second-order valence-corrected chi connectivity index (χ2v) is 6.03. The Hall–Kier alpha value is -3.87. The highest BCUT2D eigenvalue weighted by Gasteiger charge is 2.09. The van der Waals surface area contributed by atoms with Crippen LogP contribution in [-0.4, -0.2) is 35.5 Å². The molecule has 0 fully saturated rings. The third-order valence-corrected chi connectivity index (χ3v) is 3.86. The van der Waals surface area contributed by atoms with Gasteiger partial charge in [0, 0.05) is 17.8 Å². The van der Waals surface area contributed by atoms with Crippen molar-refractivity contribution in [3.05, 3.63) is 84.1 Å². The first kappa shape index (κ1) is 19.9. The van der Waals surface area contributed by atoms with Crippen molar-refractivity contribution in [2.24, 2.45) is 5.16 Å². The Morgan fingerprint density at radius 2 is 1.86 bits per heavy atom. The fraction of sp³-hybridized carbons (Fsp3) is 0.136. The van der Waals surface area contributed by atoms with Crippen molar-refractivity contribution in [3.8, 4) is 17.4 Å². The van der Waals surface area contributed by atoms with E-state index in [1.165, 1.54) is 7.11 Å². The molecule has 0 bridgehead atoms. The maximum absolute atomic E-state index is 10.9. The Kier molecular flexibility index (Phi) is 6.78. The number of hydrogen-bond acceptors (Lipinski definition) is 6. The predicted molar refractivity (Wildman–Crippen MR) is 108 cm³/mol. The van der Waals surface area contributed by atoms with Gasteiger partial charge in [-0.05, 0) is 35.9 Å². The van der Waals surface area contributed by atoms with Crippen LogP contribution >= 0.6 is 0 Å². The number of pyridine rings is 1. The number of aromatic nitrogens is 1. The second kappa shape index (κ2) is 9.89. The molecule has 0 aliphatic carbocycles. The number of carboxylic acids is 1. The molecule has 0 saturated carbocycles. The second-order valence-electron chi connectivity index (χ2n) is 6.03. The van der Waals surface area contributed by atoms with Crippen molar-refractivity contribution in [2.75, 3.05) is 13.7 Å². The monoisotopic (exact) mass is 392 g/mol. The topological polar surface area (TPSA) is 90.2 Å². The highest BCUT2D eigenvalue weighted by Crippen LogP contribution is 2.21. The van der Waals surface area contributed by atoms with E-state index in [1.807, 2.05) is 36.4 Å². The Labute approximate surface area is 168 Å². The third kappa shape index (κ3) is 6.07. The molecule has 0 amide bonds. The molecule has 148 valence electrons. The van der Waals surface area contributed by atoms with Gasteiger partial charge >= 0.3 is 5.97 Å². The van der Waals surface area contributed by atoms with Gasteiger partial charge in [0.1, 0.15) is 30.9 Å². The van der Waals surface area contributed by atoms with Gasteiger partial charge in [0.2, 0.25) is 5.88 Å². The molecule has 0 atom stereocenters. The number of oxime groups is 1. The molecule has 2 aromatic carbocycles. The Bertz CT molecular complexity index is 989. The number of rotatable bonds is 9. The third-order valence-electron chi connectivity index (χ3n) is 3.86. The van der Waals surface area contributed by atoms with Crippen molar-refractivity contribution in [3.63, 3.8) is 0 Å². The summed E-state index contributed by atoms with van der Waals surface area (Å²) in [5.41, 5.74) is 1.98. The van der Waals surface area contributed by atoms with E-state index in [-0.39, 0.29) is 13.0 Å². The SMILES string of the molecule is CON=C(COc1cccc(CC(=O)O)c1)c1cccc(Oc2ccccn2)c1. The van der Waals surface area contributed by atoms with E-state index in [4.69, 9.17) is 19.4 Å². The largest absolute Gasteiger partial charge is 0.487 e. The lowest BCUT2D eigenvalue weighted by Gasteiger charge is -2.11. The molecule has 3 rings (SSSR count). The molecule has 3 aromatic rings. The van der Waals surface area contributed by atoms with E-state index in [0.29, 0.717) is 28.7 Å². The molecular formula is C22H20N2O5. The van der Waals surface area contributed by atoms with Gasteiger partial charge in [-0.15, -0.1) is 0 Å². The number of benzene rings is 2. The van der Waals surface area contributed by atoms with Crippen LogP contribution in [-0.2, 0) is 16.1 Å². The average Bonchev–Trinajstić information content (AvgIpc) is 2.72. The minimum Gasteiger partial charge on any atom is -0.487 e. The molecule has 7 nitrogen and oxygen atoms in total.